The molecule has 2 aromatic rings. The number of aryl methyl sites for hydroxylation is 1. The predicted molar refractivity (Wildman–Crippen MR) is 69.3 cm³/mol. The van der Waals surface area contributed by atoms with Gasteiger partial charge in [-0.3, -0.25) is 0 Å². The van der Waals surface area contributed by atoms with Gasteiger partial charge >= 0.3 is 0 Å². The Morgan fingerprint density at radius 1 is 1.41 bits per heavy atom. The predicted octanol–water partition coefficient (Wildman–Crippen LogP) is 1.31. The molecule has 17 heavy (non-hydrogen) atoms. The van der Waals surface area contributed by atoms with Crippen LogP contribution in [0.5, 0.6) is 0 Å². The Hall–Kier alpha value is -1.62. The number of fused-ring (bicyclic) bond motifs is 1. The Bertz CT molecular complexity index is 491. The maximum Gasteiger partial charge on any atom is 0.152 e. The second-order valence-electron chi connectivity index (χ2n) is 4.44. The van der Waals surface area contributed by atoms with E-state index in [1.54, 1.807) is 6.20 Å². The van der Waals surface area contributed by atoms with Crippen LogP contribution in [0.4, 0.5) is 5.82 Å². The van der Waals surface area contributed by atoms with Gasteiger partial charge in [-0.1, -0.05) is 6.92 Å². The quantitative estimate of drug-likeness (QED) is 0.817. The third kappa shape index (κ3) is 2.74. The summed E-state index contributed by atoms with van der Waals surface area (Å²) in [6.45, 7) is 6.08. The summed E-state index contributed by atoms with van der Waals surface area (Å²) in [4.78, 5) is 4.36. The van der Waals surface area contributed by atoms with Crippen molar-refractivity contribution in [1.29, 1.82) is 0 Å². The molecule has 92 valence electrons. The zero-order chi connectivity index (χ0) is 12.3. The standard InChI is InChI=1S/C12H19N5/c1-9(7-13-3)8-15-12-11-6-10(2)16-17(11)5-4-14-12/h4-6,9,13H,7-8H2,1-3H3,(H,14,15). The monoisotopic (exact) mass is 233 g/mol. The van der Waals surface area contributed by atoms with Crippen LogP contribution in [-0.2, 0) is 0 Å². The number of hydrogen-bond donors (Lipinski definition) is 2. The van der Waals surface area contributed by atoms with Crippen molar-refractivity contribution in [3.8, 4) is 0 Å². The molecular formula is C12H19N5. The summed E-state index contributed by atoms with van der Waals surface area (Å²) in [5.41, 5.74) is 2.03. The zero-order valence-corrected chi connectivity index (χ0v) is 10.6. The van der Waals surface area contributed by atoms with Gasteiger partial charge in [0.1, 0.15) is 5.52 Å². The molecule has 1 atom stereocenters. The molecule has 2 rings (SSSR count). The van der Waals surface area contributed by atoms with Crippen LogP contribution in [-0.4, -0.2) is 34.7 Å². The van der Waals surface area contributed by atoms with Gasteiger partial charge in [0.25, 0.3) is 0 Å². The minimum absolute atomic E-state index is 0.561. The fourth-order valence-corrected chi connectivity index (χ4v) is 1.87. The molecule has 0 fully saturated rings. The van der Waals surface area contributed by atoms with Crippen LogP contribution < -0.4 is 10.6 Å². The normalized spacial score (nSPS) is 12.9. The van der Waals surface area contributed by atoms with E-state index in [2.05, 4.69) is 27.6 Å². The minimum atomic E-state index is 0.561. The van der Waals surface area contributed by atoms with Crippen molar-refractivity contribution < 1.29 is 0 Å². The second kappa shape index (κ2) is 5.14. The van der Waals surface area contributed by atoms with E-state index in [0.717, 1.165) is 30.1 Å². The number of anilines is 1. The van der Waals surface area contributed by atoms with Crippen molar-refractivity contribution >= 4 is 11.3 Å². The van der Waals surface area contributed by atoms with Crippen LogP contribution in [0, 0.1) is 12.8 Å². The molecule has 0 saturated carbocycles. The number of nitrogens with one attached hydrogen (secondary N) is 2. The topological polar surface area (TPSA) is 54.2 Å². The first-order valence-electron chi connectivity index (χ1n) is 5.90. The average molecular weight is 233 g/mol. The molecule has 0 radical (unpaired) electrons. The highest BCUT2D eigenvalue weighted by molar-refractivity contribution is 5.67. The molecular weight excluding hydrogens is 214 g/mol. The molecule has 5 heteroatoms. The summed E-state index contributed by atoms with van der Waals surface area (Å²) >= 11 is 0. The van der Waals surface area contributed by atoms with Crippen LogP contribution in [0.25, 0.3) is 5.52 Å². The molecule has 0 spiro atoms. The molecule has 0 aliphatic heterocycles. The Labute approximate surface area is 101 Å². The number of nitrogens with zero attached hydrogens (tertiary/aromatic N) is 3. The van der Waals surface area contributed by atoms with E-state index in [1.807, 2.05) is 30.8 Å². The molecule has 0 aliphatic carbocycles. The Morgan fingerprint density at radius 2 is 2.24 bits per heavy atom. The van der Waals surface area contributed by atoms with Crippen molar-refractivity contribution in [3.63, 3.8) is 0 Å². The van der Waals surface area contributed by atoms with Crippen molar-refractivity contribution in [2.75, 3.05) is 25.5 Å². The second-order valence-corrected chi connectivity index (χ2v) is 4.44. The van der Waals surface area contributed by atoms with Gasteiger partial charge in [-0.25, -0.2) is 9.50 Å². The zero-order valence-electron chi connectivity index (χ0n) is 10.6. The number of aromatic nitrogens is 3. The molecule has 2 aromatic heterocycles. The van der Waals surface area contributed by atoms with E-state index in [1.165, 1.54) is 0 Å². The molecule has 0 saturated heterocycles. The molecule has 0 aromatic carbocycles. The third-order valence-corrected chi connectivity index (χ3v) is 2.68. The van der Waals surface area contributed by atoms with E-state index >= 15 is 0 Å². The van der Waals surface area contributed by atoms with Gasteiger partial charge in [0.2, 0.25) is 0 Å². The fourth-order valence-electron chi connectivity index (χ4n) is 1.87. The van der Waals surface area contributed by atoms with Crippen LogP contribution in [0.3, 0.4) is 0 Å². The summed E-state index contributed by atoms with van der Waals surface area (Å²) in [5.74, 6) is 1.46. The van der Waals surface area contributed by atoms with Crippen molar-refractivity contribution in [2.24, 2.45) is 5.92 Å². The van der Waals surface area contributed by atoms with Gasteiger partial charge in [0.15, 0.2) is 5.82 Å². The Kier molecular flexibility index (Phi) is 3.58. The van der Waals surface area contributed by atoms with Crippen LogP contribution in [0.15, 0.2) is 18.5 Å². The van der Waals surface area contributed by atoms with Crippen LogP contribution >= 0.6 is 0 Å². The van der Waals surface area contributed by atoms with Gasteiger partial charge in [-0.15, -0.1) is 0 Å². The third-order valence-electron chi connectivity index (χ3n) is 2.68. The lowest BCUT2D eigenvalue weighted by atomic mass is 10.2. The van der Waals surface area contributed by atoms with Crippen LogP contribution in [0.1, 0.15) is 12.6 Å². The van der Waals surface area contributed by atoms with Gasteiger partial charge in [0.05, 0.1) is 5.69 Å². The first kappa shape index (κ1) is 11.9. The highest BCUT2D eigenvalue weighted by Crippen LogP contribution is 2.14. The Balaban J connectivity index is 2.12. The van der Waals surface area contributed by atoms with E-state index in [-0.39, 0.29) is 0 Å². The largest absolute Gasteiger partial charge is 0.368 e. The summed E-state index contributed by atoms with van der Waals surface area (Å²) in [5, 5.41) is 10.9. The van der Waals surface area contributed by atoms with Crippen molar-refractivity contribution in [1.82, 2.24) is 19.9 Å². The van der Waals surface area contributed by atoms with E-state index in [0.29, 0.717) is 5.92 Å². The maximum atomic E-state index is 4.36. The lowest BCUT2D eigenvalue weighted by Gasteiger charge is -2.12. The highest BCUT2D eigenvalue weighted by Gasteiger charge is 2.06. The van der Waals surface area contributed by atoms with Gasteiger partial charge < -0.3 is 10.6 Å². The molecule has 0 aliphatic rings. The van der Waals surface area contributed by atoms with E-state index < -0.39 is 0 Å². The summed E-state index contributed by atoms with van der Waals surface area (Å²) in [7, 11) is 1.97. The molecule has 2 N–H and O–H groups in total. The van der Waals surface area contributed by atoms with Gasteiger partial charge in [-0.05, 0) is 32.5 Å². The molecule has 0 bridgehead atoms. The van der Waals surface area contributed by atoms with E-state index in [4.69, 9.17) is 0 Å². The Morgan fingerprint density at radius 3 is 3.00 bits per heavy atom. The number of hydrogen-bond acceptors (Lipinski definition) is 4. The maximum absolute atomic E-state index is 4.36. The summed E-state index contributed by atoms with van der Waals surface area (Å²) < 4.78 is 1.85. The fraction of sp³-hybridized carbons (Fsp3) is 0.500. The van der Waals surface area contributed by atoms with Gasteiger partial charge in [0, 0.05) is 18.9 Å². The van der Waals surface area contributed by atoms with Crippen LogP contribution in [0.2, 0.25) is 0 Å². The molecule has 1 unspecified atom stereocenters. The molecule has 0 amide bonds. The lowest BCUT2D eigenvalue weighted by Crippen LogP contribution is -2.23. The highest BCUT2D eigenvalue weighted by atomic mass is 15.2. The SMILES string of the molecule is CNCC(C)CNc1nccn2nc(C)cc12. The summed E-state index contributed by atoms with van der Waals surface area (Å²) in [6.07, 6.45) is 3.63. The minimum Gasteiger partial charge on any atom is -0.368 e. The first-order valence-corrected chi connectivity index (χ1v) is 5.90. The van der Waals surface area contributed by atoms with Crippen molar-refractivity contribution in [2.45, 2.75) is 13.8 Å². The summed E-state index contributed by atoms with van der Waals surface area (Å²) in [6, 6.07) is 2.04. The number of rotatable bonds is 5. The average Bonchev–Trinajstić information content (AvgIpc) is 2.67. The van der Waals surface area contributed by atoms with E-state index in [9.17, 15) is 0 Å². The van der Waals surface area contributed by atoms with Gasteiger partial charge in [-0.2, -0.15) is 5.10 Å². The smallest absolute Gasteiger partial charge is 0.152 e. The first-order chi connectivity index (χ1) is 8.20. The molecule has 2 heterocycles. The van der Waals surface area contributed by atoms with Crippen molar-refractivity contribution in [3.05, 3.63) is 24.2 Å². The molecule has 5 nitrogen and oxygen atoms in total. The lowest BCUT2D eigenvalue weighted by molar-refractivity contribution is 0.569.